The normalized spacial score (nSPS) is 19.6. The van der Waals surface area contributed by atoms with Gasteiger partial charge in [0.05, 0.1) is 17.6 Å². The summed E-state index contributed by atoms with van der Waals surface area (Å²) in [6.07, 6.45) is -0.164. The molecule has 0 amide bonds. The van der Waals surface area contributed by atoms with Crippen LogP contribution in [0.4, 0.5) is 0 Å². The SMILES string of the molecule is CC(=O)c1cccc(S(=O)(=O)NCC2CN(CC(C)C)CCO2)c1. The molecule has 1 aromatic carbocycles. The minimum absolute atomic E-state index is 0.102. The molecule has 1 N–H and O–H groups in total. The predicted octanol–water partition coefficient (Wildman–Crippen LogP) is 1.52. The lowest BCUT2D eigenvalue weighted by molar-refractivity contribution is -0.0280. The minimum Gasteiger partial charge on any atom is -0.374 e. The first-order chi connectivity index (χ1) is 11.3. The number of Topliss-reactive ketones (excluding diaryl/α,β-unsaturated/α-hetero) is 1. The highest BCUT2D eigenvalue weighted by Gasteiger charge is 2.23. The first-order valence-corrected chi connectivity index (χ1v) is 9.71. The third-order valence-corrected chi connectivity index (χ3v) is 5.32. The topological polar surface area (TPSA) is 75.7 Å². The van der Waals surface area contributed by atoms with Gasteiger partial charge < -0.3 is 4.74 Å². The molecular weight excluding hydrogens is 328 g/mol. The number of rotatable bonds is 7. The van der Waals surface area contributed by atoms with Crippen molar-refractivity contribution in [1.29, 1.82) is 0 Å². The van der Waals surface area contributed by atoms with Crippen molar-refractivity contribution >= 4 is 15.8 Å². The number of carbonyl (C=O) groups excluding carboxylic acids is 1. The molecule has 1 unspecified atom stereocenters. The van der Waals surface area contributed by atoms with Crippen LogP contribution in [0.3, 0.4) is 0 Å². The lowest BCUT2D eigenvalue weighted by Gasteiger charge is -2.33. The Hall–Kier alpha value is -1.28. The van der Waals surface area contributed by atoms with Gasteiger partial charge in [-0.25, -0.2) is 13.1 Å². The third-order valence-electron chi connectivity index (χ3n) is 3.90. The summed E-state index contributed by atoms with van der Waals surface area (Å²) in [5.41, 5.74) is 0.384. The number of ether oxygens (including phenoxy) is 1. The van der Waals surface area contributed by atoms with Crippen LogP contribution in [0, 0.1) is 5.92 Å². The Kier molecular flexibility index (Phi) is 6.51. The smallest absolute Gasteiger partial charge is 0.240 e. The number of sulfonamides is 1. The maximum absolute atomic E-state index is 12.4. The number of carbonyl (C=O) groups is 1. The zero-order valence-corrected chi connectivity index (χ0v) is 15.3. The van der Waals surface area contributed by atoms with Crippen molar-refractivity contribution in [1.82, 2.24) is 9.62 Å². The lowest BCUT2D eigenvalue weighted by atomic mass is 10.2. The van der Waals surface area contributed by atoms with E-state index >= 15 is 0 Å². The summed E-state index contributed by atoms with van der Waals surface area (Å²) in [4.78, 5) is 13.8. The molecule has 1 heterocycles. The van der Waals surface area contributed by atoms with E-state index in [4.69, 9.17) is 4.74 Å². The Morgan fingerprint density at radius 2 is 2.17 bits per heavy atom. The Balaban J connectivity index is 1.97. The molecule has 1 fully saturated rings. The zero-order chi connectivity index (χ0) is 17.7. The summed E-state index contributed by atoms with van der Waals surface area (Å²) in [6.45, 7) is 9.15. The predicted molar refractivity (Wildman–Crippen MR) is 92.7 cm³/mol. The van der Waals surface area contributed by atoms with Gasteiger partial charge in [-0.2, -0.15) is 0 Å². The van der Waals surface area contributed by atoms with E-state index in [0.717, 1.165) is 13.1 Å². The number of hydrogen-bond donors (Lipinski definition) is 1. The van der Waals surface area contributed by atoms with Crippen molar-refractivity contribution in [2.45, 2.75) is 31.8 Å². The molecule has 1 saturated heterocycles. The summed E-state index contributed by atoms with van der Waals surface area (Å²) in [7, 11) is -3.66. The van der Waals surface area contributed by atoms with Crippen molar-refractivity contribution in [2.24, 2.45) is 5.92 Å². The van der Waals surface area contributed by atoms with Gasteiger partial charge in [0.1, 0.15) is 0 Å². The minimum atomic E-state index is -3.66. The summed E-state index contributed by atoms with van der Waals surface area (Å²) in [5.74, 6) is 0.404. The maximum atomic E-state index is 12.4. The van der Waals surface area contributed by atoms with E-state index in [2.05, 4.69) is 23.5 Å². The first-order valence-electron chi connectivity index (χ1n) is 8.22. The standard InChI is InChI=1S/C17H26N2O4S/c1-13(2)11-19-7-8-23-16(12-19)10-18-24(21,22)17-6-4-5-15(9-17)14(3)20/h4-6,9,13,16,18H,7-8,10-12H2,1-3H3. The van der Waals surface area contributed by atoms with E-state index in [9.17, 15) is 13.2 Å². The van der Waals surface area contributed by atoms with Crippen LogP contribution in [-0.4, -0.2) is 58.0 Å². The zero-order valence-electron chi connectivity index (χ0n) is 14.5. The average molecular weight is 354 g/mol. The molecule has 24 heavy (non-hydrogen) atoms. The third kappa shape index (κ3) is 5.37. The second-order valence-electron chi connectivity index (χ2n) is 6.58. The van der Waals surface area contributed by atoms with E-state index in [1.165, 1.54) is 19.1 Å². The fourth-order valence-corrected chi connectivity index (χ4v) is 3.87. The molecule has 0 spiro atoms. The van der Waals surface area contributed by atoms with Gasteiger partial charge in [0.15, 0.2) is 5.78 Å². The van der Waals surface area contributed by atoms with Crippen LogP contribution in [-0.2, 0) is 14.8 Å². The molecule has 7 heteroatoms. The molecular formula is C17H26N2O4S. The molecule has 1 aliphatic heterocycles. The van der Waals surface area contributed by atoms with Crippen molar-refractivity contribution in [2.75, 3.05) is 32.8 Å². The lowest BCUT2D eigenvalue weighted by Crippen LogP contribution is -2.48. The van der Waals surface area contributed by atoms with Gasteiger partial charge in [0, 0.05) is 31.7 Å². The van der Waals surface area contributed by atoms with Crippen LogP contribution >= 0.6 is 0 Å². The molecule has 134 valence electrons. The Morgan fingerprint density at radius 3 is 2.83 bits per heavy atom. The molecule has 6 nitrogen and oxygen atoms in total. The summed E-state index contributed by atoms with van der Waals surface area (Å²) >= 11 is 0. The first kappa shape index (κ1) is 19.1. The van der Waals surface area contributed by atoms with E-state index in [1.807, 2.05) is 0 Å². The largest absolute Gasteiger partial charge is 0.374 e. The number of hydrogen-bond acceptors (Lipinski definition) is 5. The maximum Gasteiger partial charge on any atom is 0.240 e. The fourth-order valence-electron chi connectivity index (χ4n) is 2.75. The molecule has 0 bridgehead atoms. The van der Waals surface area contributed by atoms with E-state index in [0.29, 0.717) is 24.6 Å². The number of morpholine rings is 1. The fraction of sp³-hybridized carbons (Fsp3) is 0.588. The second kappa shape index (κ2) is 8.20. The highest BCUT2D eigenvalue weighted by Crippen LogP contribution is 2.13. The van der Waals surface area contributed by atoms with Gasteiger partial charge >= 0.3 is 0 Å². The number of nitrogens with one attached hydrogen (secondary N) is 1. The summed E-state index contributed by atoms with van der Waals surface area (Å²) < 4.78 is 33.1. The van der Waals surface area contributed by atoms with Crippen LogP contribution < -0.4 is 4.72 Å². The molecule has 0 saturated carbocycles. The quantitative estimate of drug-likeness (QED) is 0.752. The Morgan fingerprint density at radius 1 is 1.42 bits per heavy atom. The van der Waals surface area contributed by atoms with Gasteiger partial charge in [0.2, 0.25) is 10.0 Å². The highest BCUT2D eigenvalue weighted by atomic mass is 32.2. The monoisotopic (exact) mass is 354 g/mol. The molecule has 0 aromatic heterocycles. The van der Waals surface area contributed by atoms with Crippen molar-refractivity contribution in [3.05, 3.63) is 29.8 Å². The van der Waals surface area contributed by atoms with Crippen LogP contribution in [0.1, 0.15) is 31.1 Å². The average Bonchev–Trinajstić information content (AvgIpc) is 2.53. The number of benzene rings is 1. The summed E-state index contributed by atoms with van der Waals surface area (Å²) in [6, 6.07) is 6.07. The van der Waals surface area contributed by atoms with E-state index < -0.39 is 10.0 Å². The van der Waals surface area contributed by atoms with E-state index in [1.54, 1.807) is 12.1 Å². The molecule has 0 aliphatic carbocycles. The Bertz CT molecular complexity index is 673. The molecule has 1 aromatic rings. The number of ketones is 1. The Labute approximate surface area is 144 Å². The number of nitrogens with zero attached hydrogens (tertiary/aromatic N) is 1. The van der Waals surface area contributed by atoms with Crippen LogP contribution in [0.5, 0.6) is 0 Å². The molecule has 1 atom stereocenters. The van der Waals surface area contributed by atoms with E-state index in [-0.39, 0.29) is 23.3 Å². The van der Waals surface area contributed by atoms with Gasteiger partial charge in [-0.05, 0) is 25.0 Å². The molecule has 0 radical (unpaired) electrons. The molecule has 2 rings (SSSR count). The molecule has 1 aliphatic rings. The van der Waals surface area contributed by atoms with Crippen LogP contribution in [0.2, 0.25) is 0 Å². The summed E-state index contributed by atoms with van der Waals surface area (Å²) in [5, 5.41) is 0. The van der Waals surface area contributed by atoms with Crippen molar-refractivity contribution < 1.29 is 17.9 Å². The van der Waals surface area contributed by atoms with Crippen LogP contribution in [0.25, 0.3) is 0 Å². The van der Waals surface area contributed by atoms with Gasteiger partial charge in [-0.3, -0.25) is 9.69 Å². The highest BCUT2D eigenvalue weighted by molar-refractivity contribution is 7.89. The van der Waals surface area contributed by atoms with Gasteiger partial charge in [-0.1, -0.05) is 26.0 Å². The van der Waals surface area contributed by atoms with Crippen molar-refractivity contribution in [3.8, 4) is 0 Å². The van der Waals surface area contributed by atoms with Gasteiger partial charge in [-0.15, -0.1) is 0 Å². The van der Waals surface area contributed by atoms with Crippen molar-refractivity contribution in [3.63, 3.8) is 0 Å². The van der Waals surface area contributed by atoms with Crippen LogP contribution in [0.15, 0.2) is 29.2 Å². The van der Waals surface area contributed by atoms with Gasteiger partial charge in [0.25, 0.3) is 0 Å². The second-order valence-corrected chi connectivity index (χ2v) is 8.35.